The summed E-state index contributed by atoms with van der Waals surface area (Å²) in [4.78, 5) is 23.9. The first kappa shape index (κ1) is 11.4. The SMILES string of the molecule is CC1C(C)(O)NC(=O)C12C(=O)NC(N)=C2C#N. The van der Waals surface area contributed by atoms with Gasteiger partial charge in [-0.2, -0.15) is 5.26 Å². The van der Waals surface area contributed by atoms with Gasteiger partial charge in [0.15, 0.2) is 5.41 Å². The van der Waals surface area contributed by atoms with E-state index < -0.39 is 28.9 Å². The second-order valence-corrected chi connectivity index (χ2v) is 4.49. The molecule has 2 heterocycles. The number of amides is 2. The number of nitrogens with zero attached hydrogens (tertiary/aromatic N) is 1. The number of hydrogen-bond acceptors (Lipinski definition) is 5. The summed E-state index contributed by atoms with van der Waals surface area (Å²) in [5.74, 6) is -2.30. The number of nitrogens with two attached hydrogens (primary N) is 1. The van der Waals surface area contributed by atoms with Crippen LogP contribution in [0.5, 0.6) is 0 Å². The standard InChI is InChI=1S/C10H12N4O3/c1-4-9(2,17)14-8(16)10(4)5(3-11)6(12)13-7(10)15/h4,17H,12H2,1-2H3,(H,13,15)(H,14,16). The number of aliphatic hydroxyl groups is 1. The van der Waals surface area contributed by atoms with Crippen molar-refractivity contribution in [3.63, 3.8) is 0 Å². The van der Waals surface area contributed by atoms with E-state index in [-0.39, 0.29) is 11.4 Å². The van der Waals surface area contributed by atoms with Crippen molar-refractivity contribution in [2.75, 3.05) is 0 Å². The van der Waals surface area contributed by atoms with Gasteiger partial charge in [-0.3, -0.25) is 9.59 Å². The predicted molar refractivity (Wildman–Crippen MR) is 55.3 cm³/mol. The lowest BCUT2D eigenvalue weighted by Gasteiger charge is -2.27. The average molecular weight is 236 g/mol. The first-order valence-electron chi connectivity index (χ1n) is 5.05. The highest BCUT2D eigenvalue weighted by atomic mass is 16.3. The zero-order chi connectivity index (χ0) is 13.0. The van der Waals surface area contributed by atoms with Gasteiger partial charge in [0.2, 0.25) is 11.8 Å². The Labute approximate surface area is 97.3 Å². The van der Waals surface area contributed by atoms with Gasteiger partial charge in [-0.1, -0.05) is 6.92 Å². The van der Waals surface area contributed by atoms with Crippen LogP contribution in [0, 0.1) is 22.7 Å². The van der Waals surface area contributed by atoms with Crippen molar-refractivity contribution in [1.82, 2.24) is 10.6 Å². The van der Waals surface area contributed by atoms with Crippen LogP contribution in [0.25, 0.3) is 0 Å². The molecule has 0 radical (unpaired) electrons. The van der Waals surface area contributed by atoms with Crippen LogP contribution in [0.1, 0.15) is 13.8 Å². The minimum atomic E-state index is -1.72. The highest BCUT2D eigenvalue weighted by Crippen LogP contribution is 2.48. The van der Waals surface area contributed by atoms with Crippen LogP contribution in [0.4, 0.5) is 0 Å². The maximum Gasteiger partial charge on any atom is 0.247 e. The minimum Gasteiger partial charge on any atom is -0.384 e. The Hall–Kier alpha value is -2.07. The molecule has 2 aliphatic heterocycles. The minimum absolute atomic E-state index is 0.128. The number of rotatable bonds is 0. The molecule has 7 heteroatoms. The Kier molecular flexibility index (Phi) is 2.00. The van der Waals surface area contributed by atoms with Gasteiger partial charge in [0.25, 0.3) is 0 Å². The number of hydrogen-bond donors (Lipinski definition) is 4. The molecule has 1 saturated heterocycles. The molecular formula is C10H12N4O3. The Balaban J connectivity index is 2.69. The molecule has 0 bridgehead atoms. The van der Waals surface area contributed by atoms with Crippen LogP contribution < -0.4 is 16.4 Å². The third-order valence-corrected chi connectivity index (χ3v) is 3.60. The van der Waals surface area contributed by atoms with E-state index in [1.165, 1.54) is 13.8 Å². The second-order valence-electron chi connectivity index (χ2n) is 4.49. The molecule has 1 spiro atoms. The zero-order valence-corrected chi connectivity index (χ0v) is 9.37. The fourth-order valence-corrected chi connectivity index (χ4v) is 2.44. The largest absolute Gasteiger partial charge is 0.384 e. The van der Waals surface area contributed by atoms with Gasteiger partial charge in [0.1, 0.15) is 17.6 Å². The summed E-state index contributed by atoms with van der Waals surface area (Å²) in [6.07, 6.45) is 0. The van der Waals surface area contributed by atoms with Gasteiger partial charge >= 0.3 is 0 Å². The Morgan fingerprint density at radius 3 is 2.47 bits per heavy atom. The van der Waals surface area contributed by atoms with Crippen LogP contribution in [-0.2, 0) is 9.59 Å². The first-order chi connectivity index (χ1) is 7.78. The molecule has 0 aliphatic carbocycles. The van der Waals surface area contributed by atoms with Crippen molar-refractivity contribution in [2.24, 2.45) is 17.1 Å². The Bertz CT molecular complexity index is 502. The lowest BCUT2D eigenvalue weighted by atomic mass is 9.70. The molecule has 1 fully saturated rings. The predicted octanol–water partition coefficient (Wildman–Crippen LogP) is -1.73. The summed E-state index contributed by atoms with van der Waals surface area (Å²) >= 11 is 0. The Morgan fingerprint density at radius 2 is 2.06 bits per heavy atom. The van der Waals surface area contributed by atoms with E-state index in [0.717, 1.165) is 0 Å². The first-order valence-corrected chi connectivity index (χ1v) is 5.05. The van der Waals surface area contributed by atoms with E-state index in [1.807, 2.05) is 0 Å². The number of nitriles is 1. The summed E-state index contributed by atoms with van der Waals surface area (Å²) in [6.45, 7) is 2.90. The van der Waals surface area contributed by atoms with Crippen LogP contribution >= 0.6 is 0 Å². The molecule has 0 aromatic heterocycles. The number of carbonyl (C=O) groups excluding carboxylic acids is 2. The van der Waals surface area contributed by atoms with Crippen molar-refractivity contribution >= 4 is 11.8 Å². The molecule has 3 unspecified atom stereocenters. The molecule has 2 amide bonds. The van der Waals surface area contributed by atoms with Crippen LogP contribution in [-0.4, -0.2) is 22.6 Å². The van der Waals surface area contributed by atoms with Gasteiger partial charge in [0, 0.05) is 5.92 Å². The summed E-state index contributed by atoms with van der Waals surface area (Å²) < 4.78 is 0. The maximum absolute atomic E-state index is 12.0. The van der Waals surface area contributed by atoms with Crippen molar-refractivity contribution in [3.8, 4) is 6.07 Å². The van der Waals surface area contributed by atoms with Crippen molar-refractivity contribution < 1.29 is 14.7 Å². The summed E-state index contributed by atoms with van der Waals surface area (Å²) in [5, 5.41) is 23.6. The van der Waals surface area contributed by atoms with Crippen LogP contribution in [0.15, 0.2) is 11.4 Å². The third-order valence-electron chi connectivity index (χ3n) is 3.60. The van der Waals surface area contributed by atoms with Gasteiger partial charge in [-0.25, -0.2) is 0 Å². The fraction of sp³-hybridized carbons (Fsp3) is 0.500. The van der Waals surface area contributed by atoms with Gasteiger partial charge < -0.3 is 21.5 Å². The molecule has 17 heavy (non-hydrogen) atoms. The monoisotopic (exact) mass is 236 g/mol. The third kappa shape index (κ3) is 1.08. The quantitative estimate of drug-likeness (QED) is 0.371. The average Bonchev–Trinajstić information content (AvgIpc) is 2.56. The lowest BCUT2D eigenvalue weighted by molar-refractivity contribution is -0.138. The molecule has 5 N–H and O–H groups in total. The lowest BCUT2D eigenvalue weighted by Crippen LogP contribution is -2.45. The van der Waals surface area contributed by atoms with Gasteiger partial charge in [-0.15, -0.1) is 0 Å². The van der Waals surface area contributed by atoms with E-state index in [1.54, 1.807) is 6.07 Å². The van der Waals surface area contributed by atoms with Crippen molar-refractivity contribution in [2.45, 2.75) is 19.6 Å². The van der Waals surface area contributed by atoms with Gasteiger partial charge in [-0.05, 0) is 6.92 Å². The summed E-state index contributed by atoms with van der Waals surface area (Å²) in [5.41, 5.74) is 2.10. The zero-order valence-electron chi connectivity index (χ0n) is 9.37. The molecule has 0 saturated carbocycles. The second kappa shape index (κ2) is 2.99. The van der Waals surface area contributed by atoms with Crippen LogP contribution in [0.3, 0.4) is 0 Å². The molecule has 7 nitrogen and oxygen atoms in total. The molecule has 2 aliphatic rings. The topological polar surface area (TPSA) is 128 Å². The summed E-state index contributed by atoms with van der Waals surface area (Å²) in [7, 11) is 0. The molecule has 2 rings (SSSR count). The summed E-state index contributed by atoms with van der Waals surface area (Å²) in [6, 6.07) is 1.77. The van der Waals surface area contributed by atoms with E-state index in [0.29, 0.717) is 0 Å². The van der Waals surface area contributed by atoms with E-state index in [9.17, 15) is 14.7 Å². The van der Waals surface area contributed by atoms with Crippen molar-refractivity contribution in [1.29, 1.82) is 5.26 Å². The smallest absolute Gasteiger partial charge is 0.247 e. The normalized spacial score (nSPS) is 40.5. The van der Waals surface area contributed by atoms with Crippen LogP contribution in [0.2, 0.25) is 0 Å². The molecule has 3 atom stereocenters. The van der Waals surface area contributed by atoms with E-state index in [2.05, 4.69) is 10.6 Å². The van der Waals surface area contributed by atoms with Crippen molar-refractivity contribution in [3.05, 3.63) is 11.4 Å². The van der Waals surface area contributed by atoms with E-state index >= 15 is 0 Å². The Morgan fingerprint density at radius 1 is 1.47 bits per heavy atom. The highest BCUT2D eigenvalue weighted by molar-refractivity contribution is 6.13. The molecule has 90 valence electrons. The molecule has 0 aromatic rings. The highest BCUT2D eigenvalue weighted by Gasteiger charge is 2.67. The van der Waals surface area contributed by atoms with Gasteiger partial charge in [0.05, 0.1) is 5.57 Å². The maximum atomic E-state index is 12.0. The number of nitrogens with one attached hydrogen (secondary N) is 2. The number of carbonyl (C=O) groups is 2. The molecular weight excluding hydrogens is 224 g/mol. The molecule has 0 aromatic carbocycles. The fourth-order valence-electron chi connectivity index (χ4n) is 2.44. The van der Waals surface area contributed by atoms with E-state index in [4.69, 9.17) is 11.0 Å².